The van der Waals surface area contributed by atoms with Crippen LogP contribution in [0.25, 0.3) is 0 Å². The normalized spacial score (nSPS) is 11.3. The fourth-order valence-electron chi connectivity index (χ4n) is 1.30. The molecule has 0 saturated carbocycles. The maximum atomic E-state index is 11.2. The highest BCUT2D eigenvalue weighted by molar-refractivity contribution is 5.88. The third-order valence-electron chi connectivity index (χ3n) is 2.49. The summed E-state index contributed by atoms with van der Waals surface area (Å²) in [6.45, 7) is 7.72. The lowest BCUT2D eigenvalue weighted by Gasteiger charge is -2.17. The average Bonchev–Trinajstić information content (AvgIpc) is 2.33. The van der Waals surface area contributed by atoms with Crippen molar-refractivity contribution >= 4 is 5.97 Å². The van der Waals surface area contributed by atoms with Gasteiger partial charge < -0.3 is 9.47 Å². The standard InChI is InChI=1S/C14H21NO3/c1-14(2,3)7-8-18-10-12-6-5-11(9-15-12)13(16)17-4/h5-6,9H,7-8,10H2,1-4H3. The summed E-state index contributed by atoms with van der Waals surface area (Å²) < 4.78 is 10.1. The summed E-state index contributed by atoms with van der Waals surface area (Å²) in [4.78, 5) is 15.4. The molecule has 0 aliphatic carbocycles. The van der Waals surface area contributed by atoms with E-state index in [1.165, 1.54) is 13.3 Å². The van der Waals surface area contributed by atoms with E-state index in [4.69, 9.17) is 4.74 Å². The molecule has 0 fully saturated rings. The molecule has 0 saturated heterocycles. The van der Waals surface area contributed by atoms with Crippen molar-refractivity contribution in [2.24, 2.45) is 5.41 Å². The maximum Gasteiger partial charge on any atom is 0.339 e. The Labute approximate surface area is 108 Å². The fourth-order valence-corrected chi connectivity index (χ4v) is 1.30. The van der Waals surface area contributed by atoms with Crippen molar-refractivity contribution in [2.45, 2.75) is 33.8 Å². The zero-order valence-corrected chi connectivity index (χ0v) is 11.5. The van der Waals surface area contributed by atoms with E-state index in [2.05, 4.69) is 30.5 Å². The topological polar surface area (TPSA) is 48.4 Å². The Morgan fingerprint density at radius 2 is 2.06 bits per heavy atom. The lowest BCUT2D eigenvalue weighted by Crippen LogP contribution is -2.10. The molecule has 0 aliphatic rings. The van der Waals surface area contributed by atoms with Gasteiger partial charge in [-0.05, 0) is 24.0 Å². The molecule has 0 N–H and O–H groups in total. The molecule has 0 spiro atoms. The van der Waals surface area contributed by atoms with E-state index >= 15 is 0 Å². The number of esters is 1. The highest BCUT2D eigenvalue weighted by Crippen LogP contribution is 2.18. The predicted octanol–water partition coefficient (Wildman–Crippen LogP) is 2.82. The molecule has 100 valence electrons. The highest BCUT2D eigenvalue weighted by atomic mass is 16.5. The zero-order chi connectivity index (χ0) is 13.6. The van der Waals surface area contributed by atoms with Crippen LogP contribution < -0.4 is 0 Å². The summed E-state index contributed by atoms with van der Waals surface area (Å²) in [6.07, 6.45) is 2.52. The van der Waals surface area contributed by atoms with Gasteiger partial charge >= 0.3 is 5.97 Å². The van der Waals surface area contributed by atoms with Crippen LogP contribution in [0.15, 0.2) is 18.3 Å². The summed E-state index contributed by atoms with van der Waals surface area (Å²) in [5, 5.41) is 0. The van der Waals surface area contributed by atoms with Gasteiger partial charge in [0, 0.05) is 12.8 Å². The second-order valence-corrected chi connectivity index (χ2v) is 5.39. The first-order chi connectivity index (χ1) is 8.42. The molecule has 1 aromatic rings. The van der Waals surface area contributed by atoms with Crippen molar-refractivity contribution in [2.75, 3.05) is 13.7 Å². The Kier molecular flexibility index (Phi) is 5.28. The number of nitrogens with zero attached hydrogens (tertiary/aromatic N) is 1. The Balaban J connectivity index is 2.38. The summed E-state index contributed by atoms with van der Waals surface area (Å²) in [6, 6.07) is 3.48. The summed E-state index contributed by atoms with van der Waals surface area (Å²) in [7, 11) is 1.35. The second-order valence-electron chi connectivity index (χ2n) is 5.39. The van der Waals surface area contributed by atoms with Crippen molar-refractivity contribution in [3.05, 3.63) is 29.6 Å². The number of methoxy groups -OCH3 is 1. The van der Waals surface area contributed by atoms with E-state index in [0.717, 1.165) is 12.1 Å². The average molecular weight is 251 g/mol. The van der Waals surface area contributed by atoms with Gasteiger partial charge in [-0.15, -0.1) is 0 Å². The molecule has 1 rings (SSSR count). The molecule has 4 nitrogen and oxygen atoms in total. The quantitative estimate of drug-likeness (QED) is 0.596. The number of ether oxygens (including phenoxy) is 2. The Morgan fingerprint density at radius 1 is 1.33 bits per heavy atom. The van der Waals surface area contributed by atoms with Gasteiger partial charge in [0.15, 0.2) is 0 Å². The van der Waals surface area contributed by atoms with Gasteiger partial charge in [0.1, 0.15) is 0 Å². The van der Waals surface area contributed by atoms with E-state index < -0.39 is 0 Å². The Morgan fingerprint density at radius 3 is 2.56 bits per heavy atom. The van der Waals surface area contributed by atoms with Crippen LogP contribution in [0.2, 0.25) is 0 Å². The van der Waals surface area contributed by atoms with Crippen LogP contribution in [-0.4, -0.2) is 24.7 Å². The molecule has 0 unspecified atom stereocenters. The smallest absolute Gasteiger partial charge is 0.339 e. The predicted molar refractivity (Wildman–Crippen MR) is 69.3 cm³/mol. The summed E-state index contributed by atoms with van der Waals surface area (Å²) in [5.41, 5.74) is 1.55. The van der Waals surface area contributed by atoms with Crippen LogP contribution in [0.5, 0.6) is 0 Å². The van der Waals surface area contributed by atoms with Crippen molar-refractivity contribution in [3.8, 4) is 0 Å². The van der Waals surface area contributed by atoms with Crippen molar-refractivity contribution < 1.29 is 14.3 Å². The molecule has 0 atom stereocenters. The van der Waals surface area contributed by atoms with Crippen molar-refractivity contribution in [1.82, 2.24) is 4.98 Å². The minimum absolute atomic E-state index is 0.280. The monoisotopic (exact) mass is 251 g/mol. The first kappa shape index (κ1) is 14.6. The van der Waals surface area contributed by atoms with E-state index in [1.807, 2.05) is 0 Å². The third-order valence-corrected chi connectivity index (χ3v) is 2.49. The lowest BCUT2D eigenvalue weighted by atomic mass is 9.93. The van der Waals surface area contributed by atoms with Gasteiger partial charge in [-0.3, -0.25) is 4.98 Å². The van der Waals surface area contributed by atoms with Gasteiger partial charge in [-0.25, -0.2) is 4.79 Å². The van der Waals surface area contributed by atoms with E-state index in [-0.39, 0.29) is 11.4 Å². The fraction of sp³-hybridized carbons (Fsp3) is 0.571. The molecule has 0 aromatic carbocycles. The first-order valence-electron chi connectivity index (χ1n) is 6.03. The number of carbonyl (C=O) groups excluding carboxylic acids is 1. The highest BCUT2D eigenvalue weighted by Gasteiger charge is 2.09. The molecule has 4 heteroatoms. The number of hydrogen-bond donors (Lipinski definition) is 0. The van der Waals surface area contributed by atoms with Crippen LogP contribution in [0, 0.1) is 5.41 Å². The van der Waals surface area contributed by atoms with Gasteiger partial charge in [-0.2, -0.15) is 0 Å². The van der Waals surface area contributed by atoms with E-state index in [0.29, 0.717) is 18.8 Å². The van der Waals surface area contributed by atoms with Crippen molar-refractivity contribution in [3.63, 3.8) is 0 Å². The SMILES string of the molecule is COC(=O)c1ccc(COCCC(C)(C)C)nc1. The minimum atomic E-state index is -0.372. The molecule has 1 aromatic heterocycles. The molecular weight excluding hydrogens is 230 g/mol. The van der Waals surface area contributed by atoms with Crippen LogP contribution in [0.4, 0.5) is 0 Å². The number of carbonyl (C=O) groups is 1. The first-order valence-corrected chi connectivity index (χ1v) is 6.03. The largest absolute Gasteiger partial charge is 0.465 e. The second kappa shape index (κ2) is 6.50. The molecule has 0 aliphatic heterocycles. The lowest BCUT2D eigenvalue weighted by molar-refractivity contribution is 0.0599. The van der Waals surface area contributed by atoms with Gasteiger partial charge in [0.25, 0.3) is 0 Å². The minimum Gasteiger partial charge on any atom is -0.465 e. The Bertz CT molecular complexity index is 379. The third kappa shape index (κ3) is 5.27. The number of pyridine rings is 1. The molecule has 18 heavy (non-hydrogen) atoms. The van der Waals surface area contributed by atoms with E-state index in [1.54, 1.807) is 12.1 Å². The van der Waals surface area contributed by atoms with Crippen LogP contribution in [-0.2, 0) is 16.1 Å². The maximum absolute atomic E-state index is 11.2. The zero-order valence-electron chi connectivity index (χ0n) is 11.5. The summed E-state index contributed by atoms with van der Waals surface area (Å²) >= 11 is 0. The summed E-state index contributed by atoms with van der Waals surface area (Å²) in [5.74, 6) is -0.372. The molecule has 1 heterocycles. The van der Waals surface area contributed by atoms with Crippen LogP contribution >= 0.6 is 0 Å². The van der Waals surface area contributed by atoms with Gasteiger partial charge in [0.2, 0.25) is 0 Å². The molecule has 0 bridgehead atoms. The van der Waals surface area contributed by atoms with Crippen molar-refractivity contribution in [1.29, 1.82) is 0 Å². The van der Waals surface area contributed by atoms with Gasteiger partial charge in [0.05, 0.1) is 25.0 Å². The molecule has 0 amide bonds. The Hall–Kier alpha value is -1.42. The number of rotatable bonds is 5. The molecule has 0 radical (unpaired) electrons. The van der Waals surface area contributed by atoms with E-state index in [9.17, 15) is 4.79 Å². The van der Waals surface area contributed by atoms with Crippen LogP contribution in [0.1, 0.15) is 43.2 Å². The number of aromatic nitrogens is 1. The molecular formula is C14H21NO3. The van der Waals surface area contributed by atoms with Gasteiger partial charge in [-0.1, -0.05) is 20.8 Å². The van der Waals surface area contributed by atoms with Crippen LogP contribution in [0.3, 0.4) is 0 Å². The number of hydrogen-bond acceptors (Lipinski definition) is 4.